The zero-order valence-corrected chi connectivity index (χ0v) is 17.6. The van der Waals surface area contributed by atoms with Gasteiger partial charge in [-0.15, -0.1) is 0 Å². The highest BCUT2D eigenvalue weighted by Crippen LogP contribution is 2.29. The molecule has 9 heteroatoms. The van der Waals surface area contributed by atoms with Gasteiger partial charge in [0.1, 0.15) is 5.82 Å². The number of carbonyl (C=O) groups is 1. The molecule has 5 nitrogen and oxygen atoms in total. The number of carbonyl (C=O) groups excluding carboxylic acids is 1. The van der Waals surface area contributed by atoms with E-state index in [-0.39, 0.29) is 24.8 Å². The molecule has 0 spiro atoms. The second kappa shape index (κ2) is 9.58. The molecule has 2 aromatic carbocycles. The lowest BCUT2D eigenvalue weighted by atomic mass is 10.0. The third-order valence-electron chi connectivity index (χ3n) is 5.45. The highest BCUT2D eigenvalue weighted by molar-refractivity contribution is 5.78. The summed E-state index contributed by atoms with van der Waals surface area (Å²) in [7, 11) is 0. The minimum absolute atomic E-state index is 0.0419. The van der Waals surface area contributed by atoms with Crippen molar-refractivity contribution in [2.24, 2.45) is 0 Å². The maximum atomic E-state index is 13.1. The Morgan fingerprint density at radius 2 is 1.91 bits per heavy atom. The molecule has 0 fully saturated rings. The van der Waals surface area contributed by atoms with E-state index in [2.05, 4.69) is 10.4 Å². The molecule has 3 aromatic rings. The largest absolute Gasteiger partial charge is 0.416 e. The molecule has 1 aromatic heterocycles. The van der Waals surface area contributed by atoms with Gasteiger partial charge in [-0.05, 0) is 54.0 Å². The first-order valence-electron chi connectivity index (χ1n) is 10.4. The van der Waals surface area contributed by atoms with Crippen LogP contribution in [0, 0.1) is 5.82 Å². The van der Waals surface area contributed by atoms with Gasteiger partial charge in [0.15, 0.2) is 0 Å². The molecule has 172 valence electrons. The van der Waals surface area contributed by atoms with Gasteiger partial charge >= 0.3 is 6.18 Å². The Bertz CT molecular complexity index is 1150. The van der Waals surface area contributed by atoms with E-state index in [4.69, 9.17) is 0 Å². The molecule has 0 aliphatic carbocycles. The Morgan fingerprint density at radius 3 is 2.61 bits per heavy atom. The smallest absolute Gasteiger partial charge is 0.351 e. The van der Waals surface area contributed by atoms with Crippen molar-refractivity contribution in [3.05, 3.63) is 89.5 Å². The van der Waals surface area contributed by atoms with Crippen LogP contribution in [0.1, 0.15) is 23.1 Å². The molecule has 0 bridgehead atoms. The molecule has 1 amide bonds. The number of rotatable bonds is 6. The number of alkyl halides is 3. The van der Waals surface area contributed by atoms with Gasteiger partial charge in [-0.1, -0.05) is 18.2 Å². The summed E-state index contributed by atoms with van der Waals surface area (Å²) in [5.41, 5.74) is 2.51. The van der Waals surface area contributed by atoms with Crippen LogP contribution in [-0.4, -0.2) is 40.2 Å². The van der Waals surface area contributed by atoms with Gasteiger partial charge in [-0.3, -0.25) is 9.69 Å². The molecule has 0 radical (unpaired) electrons. The first kappa shape index (κ1) is 22.7. The molecule has 1 N–H and O–H groups in total. The van der Waals surface area contributed by atoms with Crippen LogP contribution in [0.15, 0.2) is 67.0 Å². The third-order valence-corrected chi connectivity index (χ3v) is 5.45. The zero-order chi connectivity index (χ0) is 23.4. The lowest BCUT2D eigenvalue weighted by molar-refractivity contribution is -0.137. The van der Waals surface area contributed by atoms with E-state index >= 15 is 0 Å². The lowest BCUT2D eigenvalue weighted by Crippen LogP contribution is -2.39. The van der Waals surface area contributed by atoms with Crippen LogP contribution in [0.25, 0.3) is 11.3 Å². The number of amides is 1. The SMILES string of the molecule is O=C(CN1CC=C(c2cnn(-c3ccc(F)cc3)c2)CC1)NCc1cccc(C(F)(F)F)c1. The molecular weight excluding hydrogens is 436 g/mol. The van der Waals surface area contributed by atoms with Crippen LogP contribution < -0.4 is 5.32 Å². The Morgan fingerprint density at radius 1 is 1.12 bits per heavy atom. The fraction of sp³-hybridized carbons (Fsp3) is 0.250. The second-order valence-corrected chi connectivity index (χ2v) is 7.84. The molecule has 1 aliphatic heterocycles. The predicted octanol–water partition coefficient (Wildman–Crippen LogP) is 4.44. The quantitative estimate of drug-likeness (QED) is 0.556. The standard InChI is InChI=1S/C24H22F4N4O/c25-21-4-6-22(7-5-21)32-15-19(14-30-32)18-8-10-31(11-9-18)16-23(33)29-13-17-2-1-3-20(12-17)24(26,27)28/h1-8,12,14-15H,9-11,13,16H2,(H,29,33). The minimum Gasteiger partial charge on any atom is -0.351 e. The highest BCUT2D eigenvalue weighted by Gasteiger charge is 2.30. The van der Waals surface area contributed by atoms with Crippen molar-refractivity contribution >= 4 is 11.5 Å². The van der Waals surface area contributed by atoms with Crippen molar-refractivity contribution in [1.29, 1.82) is 0 Å². The summed E-state index contributed by atoms with van der Waals surface area (Å²) >= 11 is 0. The van der Waals surface area contributed by atoms with Crippen molar-refractivity contribution in [1.82, 2.24) is 20.0 Å². The summed E-state index contributed by atoms with van der Waals surface area (Å²) in [5, 5.41) is 7.02. The first-order chi connectivity index (χ1) is 15.8. The van der Waals surface area contributed by atoms with Crippen molar-refractivity contribution < 1.29 is 22.4 Å². The van der Waals surface area contributed by atoms with E-state index in [9.17, 15) is 22.4 Å². The lowest BCUT2D eigenvalue weighted by Gasteiger charge is -2.25. The molecule has 2 heterocycles. The molecular formula is C24H22F4N4O. The van der Waals surface area contributed by atoms with Gasteiger partial charge in [-0.2, -0.15) is 18.3 Å². The van der Waals surface area contributed by atoms with Crippen molar-refractivity contribution in [3.63, 3.8) is 0 Å². The van der Waals surface area contributed by atoms with E-state index in [0.717, 1.165) is 35.4 Å². The van der Waals surface area contributed by atoms with E-state index in [1.165, 1.54) is 18.2 Å². The number of benzene rings is 2. The van der Waals surface area contributed by atoms with E-state index in [0.29, 0.717) is 18.7 Å². The van der Waals surface area contributed by atoms with Gasteiger partial charge in [0.25, 0.3) is 0 Å². The second-order valence-electron chi connectivity index (χ2n) is 7.84. The summed E-state index contributed by atoms with van der Waals surface area (Å²) in [6.45, 7) is 1.45. The number of halogens is 4. The summed E-state index contributed by atoms with van der Waals surface area (Å²) in [6.07, 6.45) is 2.00. The molecule has 0 unspecified atom stereocenters. The van der Waals surface area contributed by atoms with Crippen LogP contribution in [0.3, 0.4) is 0 Å². The van der Waals surface area contributed by atoms with E-state index < -0.39 is 11.7 Å². The van der Waals surface area contributed by atoms with Gasteiger partial charge in [0.2, 0.25) is 5.91 Å². The summed E-state index contributed by atoms with van der Waals surface area (Å²) in [6, 6.07) is 11.0. The number of nitrogens with one attached hydrogen (secondary N) is 1. The fourth-order valence-corrected chi connectivity index (χ4v) is 3.66. The molecule has 4 rings (SSSR count). The summed E-state index contributed by atoms with van der Waals surface area (Å²) < 4.78 is 53.2. The summed E-state index contributed by atoms with van der Waals surface area (Å²) in [5.74, 6) is -0.548. The van der Waals surface area contributed by atoms with Gasteiger partial charge in [-0.25, -0.2) is 9.07 Å². The van der Waals surface area contributed by atoms with Crippen LogP contribution in [-0.2, 0) is 17.5 Å². The van der Waals surface area contributed by atoms with Gasteiger partial charge < -0.3 is 5.32 Å². The maximum Gasteiger partial charge on any atom is 0.416 e. The number of hydrogen-bond acceptors (Lipinski definition) is 3. The number of hydrogen-bond donors (Lipinski definition) is 1. The van der Waals surface area contributed by atoms with E-state index in [1.807, 2.05) is 17.2 Å². The topological polar surface area (TPSA) is 50.2 Å². The average Bonchev–Trinajstić information content (AvgIpc) is 3.29. The van der Waals surface area contributed by atoms with E-state index in [1.54, 1.807) is 29.1 Å². The normalized spacial score (nSPS) is 14.7. The van der Waals surface area contributed by atoms with Crippen LogP contribution in [0.4, 0.5) is 17.6 Å². The van der Waals surface area contributed by atoms with Crippen LogP contribution >= 0.6 is 0 Å². The van der Waals surface area contributed by atoms with Crippen LogP contribution in [0.5, 0.6) is 0 Å². The summed E-state index contributed by atoms with van der Waals surface area (Å²) in [4.78, 5) is 14.2. The zero-order valence-electron chi connectivity index (χ0n) is 17.6. The highest BCUT2D eigenvalue weighted by atomic mass is 19.4. The predicted molar refractivity (Wildman–Crippen MR) is 116 cm³/mol. The van der Waals surface area contributed by atoms with Crippen molar-refractivity contribution in [3.8, 4) is 5.69 Å². The molecule has 33 heavy (non-hydrogen) atoms. The monoisotopic (exact) mass is 458 g/mol. The average molecular weight is 458 g/mol. The third kappa shape index (κ3) is 5.87. The molecule has 0 saturated carbocycles. The first-order valence-corrected chi connectivity index (χ1v) is 10.4. The van der Waals surface area contributed by atoms with Gasteiger partial charge in [0.05, 0.1) is 24.0 Å². The maximum absolute atomic E-state index is 13.1. The Balaban J connectivity index is 1.29. The molecule has 0 atom stereocenters. The van der Waals surface area contributed by atoms with Gasteiger partial charge in [0, 0.05) is 31.4 Å². The Hall–Kier alpha value is -3.46. The van der Waals surface area contributed by atoms with Crippen molar-refractivity contribution in [2.75, 3.05) is 19.6 Å². The fourth-order valence-electron chi connectivity index (χ4n) is 3.66. The Labute approximate surface area is 188 Å². The number of aromatic nitrogens is 2. The van der Waals surface area contributed by atoms with Crippen LogP contribution in [0.2, 0.25) is 0 Å². The Kier molecular flexibility index (Phi) is 6.60. The minimum atomic E-state index is -4.41. The molecule has 1 aliphatic rings. The van der Waals surface area contributed by atoms with Crippen molar-refractivity contribution in [2.45, 2.75) is 19.1 Å². The number of nitrogens with zero attached hydrogens (tertiary/aromatic N) is 3. The molecule has 0 saturated heterocycles.